The van der Waals surface area contributed by atoms with Gasteiger partial charge >= 0.3 is 6.09 Å². The Hall–Kier alpha value is -4.17. The first-order valence-corrected chi connectivity index (χ1v) is 13.6. The molecule has 2 aromatic carbocycles. The van der Waals surface area contributed by atoms with Crippen LogP contribution in [0.3, 0.4) is 0 Å². The zero-order valence-electron chi connectivity index (χ0n) is 21.2. The molecule has 0 saturated heterocycles. The number of pyridine rings is 1. The number of alkyl halides is 1. The molecule has 0 aliphatic heterocycles. The van der Waals surface area contributed by atoms with Crippen molar-refractivity contribution in [3.05, 3.63) is 88.4 Å². The fourth-order valence-corrected chi connectivity index (χ4v) is 4.98. The molecule has 1 amide bonds. The average Bonchev–Trinajstić information content (AvgIpc) is 3.62. The van der Waals surface area contributed by atoms with Gasteiger partial charge in [0.25, 0.3) is 5.56 Å². The van der Waals surface area contributed by atoms with Gasteiger partial charge < -0.3 is 29.7 Å². The monoisotopic (exact) mass is 639 g/mol. The van der Waals surface area contributed by atoms with Gasteiger partial charge in [-0.25, -0.2) is 14.8 Å². The third-order valence-corrected chi connectivity index (χ3v) is 7.15. The molecule has 0 saturated carbocycles. The number of imidazole rings is 2. The molecule has 39 heavy (non-hydrogen) atoms. The number of ether oxygens (including phenoxy) is 1. The van der Waals surface area contributed by atoms with Gasteiger partial charge in [0.1, 0.15) is 11.4 Å². The highest BCUT2D eigenvalue weighted by molar-refractivity contribution is 14.1. The predicted molar refractivity (Wildman–Crippen MR) is 158 cm³/mol. The van der Waals surface area contributed by atoms with Crippen molar-refractivity contribution in [2.24, 2.45) is 0 Å². The maximum Gasteiger partial charge on any atom is 0.411 e. The van der Waals surface area contributed by atoms with Gasteiger partial charge in [-0.05, 0) is 47.9 Å². The summed E-state index contributed by atoms with van der Waals surface area (Å²) in [6.07, 6.45) is 5.41. The first kappa shape index (κ1) is 26.4. The number of carbonyl (C=O) groups is 1. The van der Waals surface area contributed by atoms with Crippen molar-refractivity contribution < 1.29 is 14.6 Å². The van der Waals surface area contributed by atoms with Gasteiger partial charge in [-0.3, -0.25) is 10.1 Å². The molecule has 1 atom stereocenters. The molecule has 12 heteroatoms. The topological polar surface area (TPSA) is 150 Å². The van der Waals surface area contributed by atoms with E-state index in [1.165, 1.54) is 7.11 Å². The summed E-state index contributed by atoms with van der Waals surface area (Å²) in [5, 5.41) is 16.8. The Morgan fingerprint density at radius 2 is 2.08 bits per heavy atom. The second-order valence-electron chi connectivity index (χ2n) is 8.87. The number of methoxy groups -OCH3 is 1. The van der Waals surface area contributed by atoms with Crippen LogP contribution >= 0.6 is 22.6 Å². The predicted octanol–water partition coefficient (Wildman–Crippen LogP) is 4.67. The number of H-pyrrole nitrogens is 2. The standard InChI is InChI=1S/C27H26IN7O4/c1-15-9-18(35-8-7-29-14-35)11-21-24(15)34-25(32-21)23-20(5-6-30-26(23)37)31-13-22(36)16-3-4-19(17(10-16)12-28)33-27(38)39-2/h3-11,14,22,36H,12-13H2,1-2H3,(H,32,34)(H,33,38)(H2,30,31,37). The molecule has 5 N–H and O–H groups in total. The maximum atomic E-state index is 12.9. The largest absolute Gasteiger partial charge is 0.453 e. The molecule has 0 radical (unpaired) electrons. The van der Waals surface area contributed by atoms with Crippen LogP contribution in [-0.2, 0) is 9.16 Å². The van der Waals surface area contributed by atoms with Crippen molar-refractivity contribution in [3.63, 3.8) is 0 Å². The number of halogens is 1. The highest BCUT2D eigenvalue weighted by Crippen LogP contribution is 2.29. The van der Waals surface area contributed by atoms with Gasteiger partial charge in [-0.2, -0.15) is 0 Å². The lowest BCUT2D eigenvalue weighted by atomic mass is 10.0. The number of nitrogens with one attached hydrogen (secondary N) is 4. The number of aromatic nitrogens is 5. The van der Waals surface area contributed by atoms with Crippen LogP contribution in [0.5, 0.6) is 0 Å². The fraction of sp³-hybridized carbons (Fsp3) is 0.185. The summed E-state index contributed by atoms with van der Waals surface area (Å²) in [6, 6.07) is 11.0. The number of rotatable bonds is 8. The molecular weight excluding hydrogens is 613 g/mol. The van der Waals surface area contributed by atoms with Gasteiger partial charge in [0.15, 0.2) is 0 Å². The fourth-order valence-electron chi connectivity index (χ4n) is 4.35. The van der Waals surface area contributed by atoms with E-state index in [4.69, 9.17) is 4.98 Å². The number of aryl methyl sites for hydroxylation is 1. The van der Waals surface area contributed by atoms with Gasteiger partial charge in [0.05, 0.1) is 36.3 Å². The van der Waals surface area contributed by atoms with Gasteiger partial charge in [0.2, 0.25) is 0 Å². The molecule has 11 nitrogen and oxygen atoms in total. The third kappa shape index (κ3) is 5.52. The van der Waals surface area contributed by atoms with E-state index in [0.29, 0.717) is 32.8 Å². The summed E-state index contributed by atoms with van der Waals surface area (Å²) < 4.78 is 7.20. The van der Waals surface area contributed by atoms with E-state index >= 15 is 0 Å². The van der Waals surface area contributed by atoms with E-state index in [9.17, 15) is 14.7 Å². The van der Waals surface area contributed by atoms with E-state index < -0.39 is 12.2 Å². The molecule has 0 bridgehead atoms. The summed E-state index contributed by atoms with van der Waals surface area (Å²) in [5.41, 5.74) is 6.12. The molecule has 0 fully saturated rings. The maximum absolute atomic E-state index is 12.9. The second-order valence-corrected chi connectivity index (χ2v) is 9.64. The molecule has 200 valence electrons. The number of hydrogen-bond donors (Lipinski definition) is 5. The van der Waals surface area contributed by atoms with Crippen LogP contribution in [0.1, 0.15) is 22.8 Å². The number of benzene rings is 2. The molecule has 3 aromatic heterocycles. The lowest BCUT2D eigenvalue weighted by molar-refractivity contribution is 0.187. The van der Waals surface area contributed by atoms with Gasteiger partial charge in [-0.15, -0.1) is 0 Å². The van der Waals surface area contributed by atoms with E-state index in [0.717, 1.165) is 27.8 Å². The van der Waals surface area contributed by atoms with Crippen molar-refractivity contribution in [2.45, 2.75) is 17.5 Å². The van der Waals surface area contributed by atoms with E-state index in [-0.39, 0.29) is 12.1 Å². The number of nitrogens with zero attached hydrogens (tertiary/aromatic N) is 3. The average molecular weight is 639 g/mol. The van der Waals surface area contributed by atoms with Crippen LogP contribution in [0.4, 0.5) is 16.2 Å². The third-order valence-electron chi connectivity index (χ3n) is 6.33. The lowest BCUT2D eigenvalue weighted by Gasteiger charge is -2.17. The lowest BCUT2D eigenvalue weighted by Crippen LogP contribution is -2.17. The molecule has 5 rings (SSSR count). The number of aliphatic hydroxyl groups excluding tert-OH is 1. The normalized spacial score (nSPS) is 11.9. The Morgan fingerprint density at radius 3 is 2.82 bits per heavy atom. The summed E-state index contributed by atoms with van der Waals surface area (Å²) in [6.45, 7) is 2.11. The number of fused-ring (bicyclic) bond motifs is 1. The minimum atomic E-state index is -0.873. The van der Waals surface area contributed by atoms with Crippen molar-refractivity contribution >= 4 is 51.1 Å². The zero-order valence-corrected chi connectivity index (χ0v) is 23.3. The highest BCUT2D eigenvalue weighted by atomic mass is 127. The van der Waals surface area contributed by atoms with Crippen molar-refractivity contribution in [2.75, 3.05) is 24.3 Å². The molecule has 0 aliphatic rings. The quantitative estimate of drug-likeness (QED) is 0.122. The minimum absolute atomic E-state index is 0.144. The Bertz CT molecular complexity index is 1690. The van der Waals surface area contributed by atoms with Crippen molar-refractivity contribution in [3.8, 4) is 17.1 Å². The number of carbonyl (C=O) groups excluding carboxylic acids is 1. The molecule has 5 aromatic rings. The van der Waals surface area contributed by atoms with Crippen LogP contribution in [0.25, 0.3) is 28.1 Å². The van der Waals surface area contributed by atoms with Gasteiger partial charge in [0, 0.05) is 40.9 Å². The van der Waals surface area contributed by atoms with Crippen LogP contribution < -0.4 is 16.2 Å². The van der Waals surface area contributed by atoms with Crippen LogP contribution in [-0.4, -0.2) is 49.4 Å². The smallest absolute Gasteiger partial charge is 0.411 e. The molecule has 1 unspecified atom stereocenters. The van der Waals surface area contributed by atoms with Crippen LogP contribution in [0, 0.1) is 6.92 Å². The Labute approximate surface area is 236 Å². The van der Waals surface area contributed by atoms with E-state index in [2.05, 4.69) is 52.9 Å². The van der Waals surface area contributed by atoms with Gasteiger partial charge in [-0.1, -0.05) is 34.7 Å². The Morgan fingerprint density at radius 1 is 1.23 bits per heavy atom. The molecule has 0 spiro atoms. The van der Waals surface area contributed by atoms with Crippen LogP contribution in [0.15, 0.2) is 66.1 Å². The van der Waals surface area contributed by atoms with Crippen LogP contribution in [0.2, 0.25) is 0 Å². The van der Waals surface area contributed by atoms with Crippen molar-refractivity contribution in [1.29, 1.82) is 0 Å². The summed E-state index contributed by atoms with van der Waals surface area (Å²) in [7, 11) is 1.30. The zero-order chi connectivity index (χ0) is 27.5. The first-order valence-electron chi connectivity index (χ1n) is 12.0. The Kier molecular flexibility index (Phi) is 7.65. The molecule has 3 heterocycles. The molecule has 0 aliphatic carbocycles. The number of hydrogen-bond acceptors (Lipinski definition) is 7. The van der Waals surface area contributed by atoms with E-state index in [1.54, 1.807) is 36.9 Å². The molecular formula is C27H26IN7O4. The number of anilines is 2. The number of aromatic amines is 2. The highest BCUT2D eigenvalue weighted by Gasteiger charge is 2.18. The van der Waals surface area contributed by atoms with Crippen molar-refractivity contribution in [1.82, 2.24) is 24.5 Å². The van der Waals surface area contributed by atoms with E-state index in [1.807, 2.05) is 35.9 Å². The summed E-state index contributed by atoms with van der Waals surface area (Å²) >= 11 is 2.19. The first-order chi connectivity index (χ1) is 18.9. The Balaban J connectivity index is 1.41. The minimum Gasteiger partial charge on any atom is -0.453 e. The summed E-state index contributed by atoms with van der Waals surface area (Å²) in [4.78, 5) is 39.4. The second kappa shape index (κ2) is 11.3. The number of aliphatic hydroxyl groups is 1. The summed E-state index contributed by atoms with van der Waals surface area (Å²) in [5.74, 6) is 0.417. The number of amides is 1. The SMILES string of the molecule is COC(=O)Nc1ccc(C(O)CNc2cc[nH]c(=O)c2-c2nc3c(C)cc(-n4ccnc4)cc3[nH]2)cc1CI.